The number of amides is 4. The van der Waals surface area contributed by atoms with Crippen LogP contribution in [0.3, 0.4) is 0 Å². The van der Waals surface area contributed by atoms with Crippen LogP contribution >= 0.6 is 0 Å². The molecule has 10 heteroatoms. The van der Waals surface area contributed by atoms with Crippen LogP contribution < -0.4 is 21.3 Å². The van der Waals surface area contributed by atoms with E-state index in [9.17, 15) is 29.4 Å². The van der Waals surface area contributed by atoms with Crippen molar-refractivity contribution in [2.24, 2.45) is 0 Å². The lowest BCUT2D eigenvalue weighted by Gasteiger charge is -2.17. The highest BCUT2D eigenvalue weighted by Crippen LogP contribution is 2.05. The fraction of sp³-hybridized carbons (Fsp3) is 0.833. The van der Waals surface area contributed by atoms with Gasteiger partial charge in [0.15, 0.2) is 12.2 Å². The smallest absolute Gasteiger partial charge is 0.252 e. The van der Waals surface area contributed by atoms with E-state index in [-0.39, 0.29) is 38.0 Å². The molecule has 2 atom stereocenters. The first-order valence-electron chi connectivity index (χ1n) is 12.8. The van der Waals surface area contributed by atoms with E-state index in [2.05, 4.69) is 35.1 Å². The molecule has 0 aliphatic carbocycles. The highest BCUT2D eigenvalue weighted by molar-refractivity contribution is 5.90. The Morgan fingerprint density at radius 1 is 0.529 bits per heavy atom. The van der Waals surface area contributed by atoms with Crippen molar-refractivity contribution in [3.63, 3.8) is 0 Å². The molecular formula is C24H46N4O6. The molecule has 0 fully saturated rings. The molecule has 6 N–H and O–H groups in total. The lowest BCUT2D eigenvalue weighted by atomic mass is 10.1. The number of hydrogen-bond donors (Lipinski definition) is 6. The minimum atomic E-state index is -1.94. The third-order valence-electron chi connectivity index (χ3n) is 5.34. The number of hydrogen-bond acceptors (Lipinski definition) is 6. The standard InChI is InChI=1S/C24H46N4O6/c1-3-5-7-9-11-13-19(29)25-15-17-27-23(33)21(31)22(32)24(34)28-18-16-26-20(30)14-12-10-8-6-4-2/h21-22,31-32H,3-18H2,1-2H3,(H,25,29)(H,26,30)(H,27,33)(H,28,34)/t21-,22-/m1/s1. The summed E-state index contributed by atoms with van der Waals surface area (Å²) in [6.07, 6.45) is 7.48. The highest BCUT2D eigenvalue weighted by Gasteiger charge is 2.29. The summed E-state index contributed by atoms with van der Waals surface area (Å²) in [4.78, 5) is 47.3. The number of carbonyl (C=O) groups is 4. The number of unbranched alkanes of at least 4 members (excludes halogenated alkanes) is 8. The van der Waals surface area contributed by atoms with Gasteiger partial charge in [-0.05, 0) is 12.8 Å². The molecule has 0 saturated carbocycles. The summed E-state index contributed by atoms with van der Waals surface area (Å²) in [6.45, 7) is 4.76. The maximum Gasteiger partial charge on any atom is 0.252 e. The van der Waals surface area contributed by atoms with Gasteiger partial charge in [0.2, 0.25) is 11.8 Å². The number of rotatable bonds is 21. The zero-order valence-electron chi connectivity index (χ0n) is 21.0. The summed E-state index contributed by atoms with van der Waals surface area (Å²) in [5.74, 6) is -2.02. The third kappa shape index (κ3) is 17.3. The van der Waals surface area contributed by atoms with Gasteiger partial charge in [0, 0.05) is 39.0 Å². The first-order chi connectivity index (χ1) is 16.3. The largest absolute Gasteiger partial charge is 0.380 e. The summed E-state index contributed by atoms with van der Waals surface area (Å²) >= 11 is 0. The highest BCUT2D eigenvalue weighted by atomic mass is 16.3. The minimum absolute atomic E-state index is 0.0658. The van der Waals surface area contributed by atoms with Gasteiger partial charge in [-0.2, -0.15) is 0 Å². The summed E-state index contributed by atoms with van der Waals surface area (Å²) in [5, 5.41) is 29.8. The fourth-order valence-electron chi connectivity index (χ4n) is 3.23. The Kier molecular flexibility index (Phi) is 20.0. The summed E-state index contributed by atoms with van der Waals surface area (Å²) in [5.41, 5.74) is 0. The molecule has 0 aromatic carbocycles. The molecule has 0 aromatic heterocycles. The molecule has 0 bridgehead atoms. The van der Waals surface area contributed by atoms with Crippen LogP contribution in [0.5, 0.6) is 0 Å². The lowest BCUT2D eigenvalue weighted by Crippen LogP contribution is -2.51. The van der Waals surface area contributed by atoms with E-state index >= 15 is 0 Å². The SMILES string of the molecule is CCCCCCCC(=O)NCCNC(=O)[C@H](O)[C@@H](O)C(=O)NCCNC(=O)CCCCCCC. The molecule has 0 saturated heterocycles. The number of carbonyl (C=O) groups excluding carboxylic acids is 4. The monoisotopic (exact) mass is 486 g/mol. The van der Waals surface area contributed by atoms with Crippen LogP contribution in [0.4, 0.5) is 0 Å². The van der Waals surface area contributed by atoms with E-state index in [1.165, 1.54) is 0 Å². The molecule has 0 aliphatic rings. The second-order valence-corrected chi connectivity index (χ2v) is 8.50. The van der Waals surface area contributed by atoms with Crippen LogP contribution in [-0.4, -0.2) is 72.2 Å². The number of aliphatic hydroxyl groups excluding tert-OH is 2. The predicted octanol–water partition coefficient (Wildman–Crippen LogP) is 0.894. The van der Waals surface area contributed by atoms with E-state index in [4.69, 9.17) is 0 Å². The Morgan fingerprint density at radius 3 is 1.21 bits per heavy atom. The molecule has 0 aromatic rings. The van der Waals surface area contributed by atoms with E-state index in [0.717, 1.165) is 64.2 Å². The van der Waals surface area contributed by atoms with E-state index in [1.807, 2.05) is 0 Å². The van der Waals surface area contributed by atoms with Crippen molar-refractivity contribution in [1.29, 1.82) is 0 Å². The number of nitrogens with one attached hydrogen (secondary N) is 4. The van der Waals surface area contributed by atoms with Gasteiger partial charge in [0.25, 0.3) is 11.8 Å². The van der Waals surface area contributed by atoms with Crippen molar-refractivity contribution >= 4 is 23.6 Å². The van der Waals surface area contributed by atoms with Crippen molar-refractivity contribution in [1.82, 2.24) is 21.3 Å². The first kappa shape index (κ1) is 31.8. The Labute approximate surface area is 204 Å². The average Bonchev–Trinajstić information content (AvgIpc) is 2.82. The average molecular weight is 487 g/mol. The maximum absolute atomic E-state index is 11.9. The van der Waals surface area contributed by atoms with Gasteiger partial charge in [-0.3, -0.25) is 19.2 Å². The summed E-state index contributed by atoms with van der Waals surface area (Å²) in [7, 11) is 0. The van der Waals surface area contributed by atoms with Crippen LogP contribution in [-0.2, 0) is 19.2 Å². The van der Waals surface area contributed by atoms with Crippen molar-refractivity contribution < 1.29 is 29.4 Å². The summed E-state index contributed by atoms with van der Waals surface area (Å²) in [6, 6.07) is 0. The van der Waals surface area contributed by atoms with Crippen molar-refractivity contribution in [2.75, 3.05) is 26.2 Å². The van der Waals surface area contributed by atoms with E-state index < -0.39 is 24.0 Å². The normalized spacial score (nSPS) is 12.5. The Balaban J connectivity index is 3.89. The van der Waals surface area contributed by atoms with Gasteiger partial charge in [0.05, 0.1) is 0 Å². The second kappa shape index (κ2) is 21.3. The fourth-order valence-corrected chi connectivity index (χ4v) is 3.23. The molecule has 198 valence electrons. The van der Waals surface area contributed by atoms with Gasteiger partial charge in [0.1, 0.15) is 0 Å². The minimum Gasteiger partial charge on any atom is -0.380 e. The van der Waals surface area contributed by atoms with Gasteiger partial charge >= 0.3 is 0 Å². The van der Waals surface area contributed by atoms with Crippen LogP contribution in [0.25, 0.3) is 0 Å². The lowest BCUT2D eigenvalue weighted by molar-refractivity contribution is -0.146. The molecule has 34 heavy (non-hydrogen) atoms. The third-order valence-corrected chi connectivity index (χ3v) is 5.34. The molecule has 0 aliphatic heterocycles. The predicted molar refractivity (Wildman–Crippen MR) is 131 cm³/mol. The summed E-state index contributed by atoms with van der Waals surface area (Å²) < 4.78 is 0. The van der Waals surface area contributed by atoms with Crippen molar-refractivity contribution in [3.05, 3.63) is 0 Å². The molecule has 10 nitrogen and oxygen atoms in total. The molecule has 0 radical (unpaired) electrons. The maximum atomic E-state index is 11.9. The van der Waals surface area contributed by atoms with Gasteiger partial charge in [-0.15, -0.1) is 0 Å². The van der Waals surface area contributed by atoms with Gasteiger partial charge in [-0.1, -0.05) is 65.2 Å². The molecule has 0 spiro atoms. The Morgan fingerprint density at radius 2 is 0.853 bits per heavy atom. The zero-order valence-corrected chi connectivity index (χ0v) is 21.0. The second-order valence-electron chi connectivity index (χ2n) is 8.50. The van der Waals surface area contributed by atoms with E-state index in [0.29, 0.717) is 12.8 Å². The first-order valence-corrected chi connectivity index (χ1v) is 12.8. The molecular weight excluding hydrogens is 440 g/mol. The molecule has 0 unspecified atom stereocenters. The van der Waals surface area contributed by atoms with Crippen molar-refractivity contribution in [3.8, 4) is 0 Å². The van der Waals surface area contributed by atoms with Crippen LogP contribution in [0.2, 0.25) is 0 Å². The van der Waals surface area contributed by atoms with Gasteiger partial charge < -0.3 is 31.5 Å². The zero-order chi connectivity index (χ0) is 25.6. The molecule has 0 rings (SSSR count). The van der Waals surface area contributed by atoms with Gasteiger partial charge in [-0.25, -0.2) is 0 Å². The Hall–Kier alpha value is -2.20. The topological polar surface area (TPSA) is 157 Å². The quantitative estimate of drug-likeness (QED) is 0.132. The van der Waals surface area contributed by atoms with Crippen LogP contribution in [0.15, 0.2) is 0 Å². The number of aliphatic hydroxyl groups is 2. The van der Waals surface area contributed by atoms with Crippen LogP contribution in [0.1, 0.15) is 90.9 Å². The molecule has 0 heterocycles. The van der Waals surface area contributed by atoms with Crippen molar-refractivity contribution in [2.45, 2.75) is 103 Å². The van der Waals surface area contributed by atoms with Crippen LogP contribution in [0, 0.1) is 0 Å². The molecule has 4 amide bonds. The Bertz CT molecular complexity index is 538. The van der Waals surface area contributed by atoms with E-state index in [1.54, 1.807) is 0 Å².